The predicted molar refractivity (Wildman–Crippen MR) is 145 cm³/mol. The fourth-order valence-electron chi connectivity index (χ4n) is 4.49. The van der Waals surface area contributed by atoms with Crippen molar-refractivity contribution >= 4 is 27.9 Å². The van der Waals surface area contributed by atoms with Gasteiger partial charge in [0.05, 0.1) is 6.04 Å². The minimum Gasteiger partial charge on any atom is -0.346 e. The Bertz CT molecular complexity index is 1160. The quantitative estimate of drug-likeness (QED) is 0.374. The molecule has 34 heavy (non-hydrogen) atoms. The molecule has 0 aliphatic carbocycles. The van der Waals surface area contributed by atoms with E-state index in [0.717, 1.165) is 48.1 Å². The summed E-state index contributed by atoms with van der Waals surface area (Å²) in [6.45, 7) is 9.58. The molecule has 3 nitrogen and oxygen atoms in total. The minimum absolute atomic E-state index is 0.0451. The maximum absolute atomic E-state index is 12.7. The van der Waals surface area contributed by atoms with Crippen molar-refractivity contribution in [1.29, 1.82) is 0 Å². The van der Waals surface area contributed by atoms with E-state index in [2.05, 4.69) is 64.3 Å². The molecule has 1 N–H and O–H groups in total. The van der Waals surface area contributed by atoms with Gasteiger partial charge in [0.1, 0.15) is 0 Å². The third-order valence-electron chi connectivity index (χ3n) is 6.65. The molecule has 1 heterocycles. The number of piperidine rings is 1. The van der Waals surface area contributed by atoms with Gasteiger partial charge < -0.3 is 5.32 Å². The second-order valence-electron chi connectivity index (χ2n) is 9.38. The number of aryl methyl sites for hydroxylation is 2. The van der Waals surface area contributed by atoms with Crippen molar-refractivity contribution in [3.8, 4) is 0 Å². The summed E-state index contributed by atoms with van der Waals surface area (Å²) in [4.78, 5) is 15.2. The number of hydrogen-bond donors (Lipinski definition) is 1. The number of amides is 1. The maximum atomic E-state index is 12.7. The Morgan fingerprint density at radius 1 is 1.00 bits per heavy atom. The van der Waals surface area contributed by atoms with Crippen molar-refractivity contribution < 1.29 is 4.79 Å². The molecule has 1 saturated heterocycles. The number of carbonyl (C=O) groups is 1. The molecule has 1 aliphatic rings. The lowest BCUT2D eigenvalue weighted by molar-refractivity contribution is 0.0940. The molecule has 3 aromatic carbocycles. The fraction of sp³-hybridized carbons (Fsp3) is 0.300. The van der Waals surface area contributed by atoms with Gasteiger partial charge in [-0.15, -0.1) is 0 Å². The highest BCUT2D eigenvalue weighted by Gasteiger charge is 2.15. The number of carbonyl (C=O) groups excluding carboxylic acids is 1. The van der Waals surface area contributed by atoms with Crippen LogP contribution in [0.25, 0.3) is 6.08 Å². The molecule has 4 heteroatoms. The molecule has 0 bridgehead atoms. The zero-order valence-corrected chi connectivity index (χ0v) is 21.9. The first-order valence-electron chi connectivity index (χ1n) is 12.0. The summed E-state index contributed by atoms with van der Waals surface area (Å²) < 4.78 is 1.03. The fourth-order valence-corrected chi connectivity index (χ4v) is 4.75. The van der Waals surface area contributed by atoms with Crippen LogP contribution in [0.1, 0.15) is 64.0 Å². The van der Waals surface area contributed by atoms with E-state index in [1.165, 1.54) is 22.3 Å². The first-order chi connectivity index (χ1) is 16.4. The van der Waals surface area contributed by atoms with E-state index in [9.17, 15) is 4.79 Å². The van der Waals surface area contributed by atoms with Gasteiger partial charge in [0.2, 0.25) is 0 Å². The van der Waals surface area contributed by atoms with Gasteiger partial charge in [0, 0.05) is 29.7 Å². The van der Waals surface area contributed by atoms with Gasteiger partial charge in [-0.2, -0.15) is 0 Å². The lowest BCUT2D eigenvalue weighted by atomic mass is 9.99. The zero-order chi connectivity index (χ0) is 24.1. The lowest BCUT2D eigenvalue weighted by Gasteiger charge is -2.29. The molecular formula is C30H33BrN2O. The third kappa shape index (κ3) is 6.46. The van der Waals surface area contributed by atoms with E-state index >= 15 is 0 Å². The van der Waals surface area contributed by atoms with Gasteiger partial charge in [-0.1, -0.05) is 75.6 Å². The van der Waals surface area contributed by atoms with Crippen molar-refractivity contribution in [3.63, 3.8) is 0 Å². The second-order valence-corrected chi connectivity index (χ2v) is 10.3. The van der Waals surface area contributed by atoms with Crippen LogP contribution in [-0.2, 0) is 6.54 Å². The molecule has 3 aromatic rings. The zero-order valence-electron chi connectivity index (χ0n) is 20.3. The maximum Gasteiger partial charge on any atom is 0.251 e. The number of hydrogen-bond acceptors (Lipinski definition) is 2. The summed E-state index contributed by atoms with van der Waals surface area (Å²) in [5.74, 6) is -0.0469. The van der Waals surface area contributed by atoms with Crippen LogP contribution in [-0.4, -0.2) is 23.9 Å². The third-order valence-corrected chi connectivity index (χ3v) is 7.18. The molecule has 0 spiro atoms. The molecule has 1 aliphatic heterocycles. The highest BCUT2D eigenvalue weighted by molar-refractivity contribution is 9.10. The van der Waals surface area contributed by atoms with E-state index in [-0.39, 0.29) is 11.9 Å². The number of nitrogens with one attached hydrogen (secondary N) is 1. The van der Waals surface area contributed by atoms with Crippen molar-refractivity contribution in [2.45, 2.75) is 46.2 Å². The smallest absolute Gasteiger partial charge is 0.251 e. The Morgan fingerprint density at radius 2 is 1.68 bits per heavy atom. The molecule has 1 amide bonds. The average Bonchev–Trinajstić information content (AvgIpc) is 2.83. The Morgan fingerprint density at radius 3 is 2.32 bits per heavy atom. The molecule has 0 radical (unpaired) electrons. The van der Waals surface area contributed by atoms with Crippen molar-refractivity contribution in [3.05, 3.63) is 110 Å². The van der Waals surface area contributed by atoms with Crippen molar-refractivity contribution in [1.82, 2.24) is 10.2 Å². The molecule has 4 rings (SSSR count). The van der Waals surface area contributed by atoms with Crippen LogP contribution in [0.3, 0.4) is 0 Å². The van der Waals surface area contributed by atoms with E-state index < -0.39 is 0 Å². The highest BCUT2D eigenvalue weighted by Crippen LogP contribution is 2.23. The van der Waals surface area contributed by atoms with Crippen LogP contribution in [0, 0.1) is 13.8 Å². The number of halogens is 1. The van der Waals surface area contributed by atoms with Gasteiger partial charge in [0.15, 0.2) is 0 Å². The van der Waals surface area contributed by atoms with Gasteiger partial charge in [-0.3, -0.25) is 9.69 Å². The largest absolute Gasteiger partial charge is 0.346 e. The molecule has 1 atom stereocenters. The SMILES string of the molecule is Cc1ccc(CN2CCC(=Cc3ccc(C(=O)N[C@H](C)c4ccc(Br)cc4)cc3)CC2)c(C)c1. The second kappa shape index (κ2) is 11.2. The summed E-state index contributed by atoms with van der Waals surface area (Å²) in [5, 5.41) is 3.09. The monoisotopic (exact) mass is 516 g/mol. The van der Waals surface area contributed by atoms with Crippen LogP contribution >= 0.6 is 15.9 Å². The van der Waals surface area contributed by atoms with Crippen LogP contribution < -0.4 is 5.32 Å². The molecule has 0 unspecified atom stereocenters. The summed E-state index contributed by atoms with van der Waals surface area (Å²) in [6.07, 6.45) is 4.48. The Hall–Kier alpha value is -2.69. The average molecular weight is 518 g/mol. The van der Waals surface area contributed by atoms with Crippen LogP contribution in [0.15, 0.2) is 76.8 Å². The van der Waals surface area contributed by atoms with E-state index in [0.29, 0.717) is 5.56 Å². The molecule has 0 saturated carbocycles. The molecular weight excluding hydrogens is 484 g/mol. The van der Waals surface area contributed by atoms with Gasteiger partial charge >= 0.3 is 0 Å². The van der Waals surface area contributed by atoms with Crippen molar-refractivity contribution in [2.24, 2.45) is 0 Å². The van der Waals surface area contributed by atoms with Crippen LogP contribution in [0.5, 0.6) is 0 Å². The first kappa shape index (κ1) is 24.4. The molecule has 1 fully saturated rings. The Balaban J connectivity index is 1.30. The topological polar surface area (TPSA) is 32.3 Å². The predicted octanol–water partition coefficient (Wildman–Crippen LogP) is 7.24. The van der Waals surface area contributed by atoms with Gasteiger partial charge in [0.25, 0.3) is 5.91 Å². The Labute approximate surface area is 212 Å². The minimum atomic E-state index is -0.0469. The summed E-state index contributed by atoms with van der Waals surface area (Å²) >= 11 is 3.45. The summed E-state index contributed by atoms with van der Waals surface area (Å²) in [6, 6.07) is 22.7. The van der Waals surface area contributed by atoms with Crippen LogP contribution in [0.4, 0.5) is 0 Å². The molecule has 0 aromatic heterocycles. The number of rotatable bonds is 6. The standard InChI is InChI=1S/C30H33BrN2O/c1-21-4-7-28(22(2)18-21)20-33-16-14-25(15-17-33)19-24-5-8-27(9-6-24)30(34)32-23(3)26-10-12-29(31)13-11-26/h4-13,18-19,23H,14-17,20H2,1-3H3,(H,32,34)/t23-/m1/s1. The number of nitrogens with zero attached hydrogens (tertiary/aromatic N) is 1. The van der Waals surface area contributed by atoms with Crippen LogP contribution in [0.2, 0.25) is 0 Å². The van der Waals surface area contributed by atoms with E-state index in [1.54, 1.807) is 0 Å². The first-order valence-corrected chi connectivity index (χ1v) is 12.8. The van der Waals surface area contributed by atoms with Gasteiger partial charge in [-0.05, 0) is 80.1 Å². The molecule has 176 valence electrons. The Kier molecular flexibility index (Phi) is 8.02. The number of benzene rings is 3. The normalized spacial score (nSPS) is 15.1. The number of likely N-dealkylation sites (tertiary alicyclic amines) is 1. The van der Waals surface area contributed by atoms with E-state index in [4.69, 9.17) is 0 Å². The lowest BCUT2D eigenvalue weighted by Crippen LogP contribution is -2.30. The summed E-state index contributed by atoms with van der Waals surface area (Å²) in [7, 11) is 0. The van der Waals surface area contributed by atoms with Gasteiger partial charge in [-0.25, -0.2) is 0 Å². The highest BCUT2D eigenvalue weighted by atomic mass is 79.9. The summed E-state index contributed by atoms with van der Waals surface area (Å²) in [5.41, 5.74) is 8.57. The van der Waals surface area contributed by atoms with E-state index in [1.807, 2.05) is 55.5 Å². The van der Waals surface area contributed by atoms with Crippen molar-refractivity contribution in [2.75, 3.05) is 13.1 Å².